The molecule has 0 spiro atoms. The Balaban J connectivity index is 1.99. The van der Waals surface area contributed by atoms with E-state index in [0.29, 0.717) is 18.8 Å². The summed E-state index contributed by atoms with van der Waals surface area (Å²) in [5, 5.41) is 11.6. The van der Waals surface area contributed by atoms with Crippen molar-refractivity contribution in [1.29, 1.82) is 0 Å². The zero-order valence-corrected chi connectivity index (χ0v) is 20.3. The highest BCUT2D eigenvalue weighted by Gasteiger charge is 2.24. The van der Waals surface area contributed by atoms with Gasteiger partial charge in [-0.25, -0.2) is 4.79 Å². The van der Waals surface area contributed by atoms with Crippen LogP contribution in [-0.2, 0) is 26.9 Å². The van der Waals surface area contributed by atoms with Gasteiger partial charge in [0, 0.05) is 6.61 Å². The molecule has 1 amide bonds. The van der Waals surface area contributed by atoms with Crippen LogP contribution in [0.5, 0.6) is 5.75 Å². The second kappa shape index (κ2) is 12.8. The van der Waals surface area contributed by atoms with Crippen LogP contribution >= 0.6 is 7.60 Å². The van der Waals surface area contributed by atoms with Crippen LogP contribution in [0.3, 0.4) is 0 Å². The maximum absolute atomic E-state index is 12.3. The first-order valence-electron chi connectivity index (χ1n) is 10.9. The highest BCUT2D eigenvalue weighted by molar-refractivity contribution is 7.52. The molecule has 0 aliphatic heterocycles. The van der Waals surface area contributed by atoms with Gasteiger partial charge in [0.05, 0.1) is 18.8 Å². The lowest BCUT2D eigenvalue weighted by Gasteiger charge is -2.24. The number of amides is 1. The van der Waals surface area contributed by atoms with E-state index in [1.54, 1.807) is 20.8 Å². The van der Waals surface area contributed by atoms with Crippen LogP contribution in [0.15, 0.2) is 54.6 Å². The van der Waals surface area contributed by atoms with Gasteiger partial charge in [-0.15, -0.1) is 0 Å². The van der Waals surface area contributed by atoms with Crippen molar-refractivity contribution in [1.82, 2.24) is 5.32 Å². The third kappa shape index (κ3) is 11.3. The van der Waals surface area contributed by atoms with Crippen LogP contribution in [0.25, 0.3) is 0 Å². The van der Waals surface area contributed by atoms with Gasteiger partial charge < -0.3 is 29.3 Å². The number of aliphatic hydroxyl groups excluding tert-OH is 1. The summed E-state index contributed by atoms with van der Waals surface area (Å²) < 4.78 is 28.5. The van der Waals surface area contributed by atoms with Gasteiger partial charge in [0.1, 0.15) is 18.0 Å². The summed E-state index contributed by atoms with van der Waals surface area (Å²) >= 11 is 0. The second-order valence-corrected chi connectivity index (χ2v) is 10.7. The molecule has 0 fully saturated rings. The van der Waals surface area contributed by atoms with E-state index in [1.165, 1.54) is 0 Å². The predicted octanol–water partition coefficient (Wildman–Crippen LogP) is 4.29. The van der Waals surface area contributed by atoms with E-state index in [9.17, 15) is 14.3 Å². The van der Waals surface area contributed by atoms with E-state index in [4.69, 9.17) is 19.1 Å². The number of carbonyl (C=O) groups is 1. The normalized spacial score (nSPS) is 14.2. The molecule has 0 aromatic heterocycles. The van der Waals surface area contributed by atoms with Gasteiger partial charge in [0.15, 0.2) is 0 Å². The van der Waals surface area contributed by atoms with Crippen LogP contribution < -0.4 is 10.1 Å². The minimum atomic E-state index is -3.87. The molecular weight excluding hydrogens is 445 g/mol. The number of hydrogen-bond acceptors (Lipinski definition) is 6. The number of carbonyl (C=O) groups excluding carboxylic acids is 1. The molecule has 0 radical (unpaired) electrons. The first-order chi connectivity index (χ1) is 15.6. The van der Waals surface area contributed by atoms with Crippen molar-refractivity contribution in [2.45, 2.75) is 51.9 Å². The van der Waals surface area contributed by atoms with Crippen LogP contribution in [0, 0.1) is 0 Å². The van der Waals surface area contributed by atoms with Crippen molar-refractivity contribution in [3.05, 3.63) is 65.7 Å². The lowest BCUT2D eigenvalue weighted by molar-refractivity contribution is 0.0484. The molecule has 2 atom stereocenters. The molecule has 182 valence electrons. The smallest absolute Gasteiger partial charge is 0.407 e. The van der Waals surface area contributed by atoms with E-state index in [1.807, 2.05) is 54.6 Å². The van der Waals surface area contributed by atoms with Crippen molar-refractivity contribution < 1.29 is 33.4 Å². The van der Waals surface area contributed by atoms with Gasteiger partial charge in [0.2, 0.25) is 0 Å². The number of benzene rings is 2. The van der Waals surface area contributed by atoms with Gasteiger partial charge in [-0.05, 0) is 56.9 Å². The topological polar surface area (TPSA) is 114 Å². The zero-order valence-electron chi connectivity index (χ0n) is 19.4. The van der Waals surface area contributed by atoms with Gasteiger partial charge in [-0.1, -0.05) is 42.5 Å². The number of aliphatic hydroxyl groups is 1. The van der Waals surface area contributed by atoms with Crippen LogP contribution in [0.1, 0.15) is 38.3 Å². The van der Waals surface area contributed by atoms with Crippen LogP contribution in [-0.4, -0.2) is 47.1 Å². The molecule has 8 nitrogen and oxygen atoms in total. The first kappa shape index (κ1) is 26.9. The van der Waals surface area contributed by atoms with Crippen LogP contribution in [0.2, 0.25) is 0 Å². The fourth-order valence-electron chi connectivity index (χ4n) is 2.91. The Labute approximate surface area is 195 Å². The van der Waals surface area contributed by atoms with Crippen molar-refractivity contribution in [3.8, 4) is 5.75 Å². The van der Waals surface area contributed by atoms with Crippen molar-refractivity contribution in [3.63, 3.8) is 0 Å². The van der Waals surface area contributed by atoms with Crippen molar-refractivity contribution in [2.24, 2.45) is 0 Å². The highest BCUT2D eigenvalue weighted by Crippen LogP contribution is 2.42. The Morgan fingerprint density at radius 3 is 2.33 bits per heavy atom. The molecule has 1 unspecified atom stereocenters. The first-order valence-corrected chi connectivity index (χ1v) is 12.6. The molecular formula is C24H34NO7P. The van der Waals surface area contributed by atoms with Gasteiger partial charge in [-0.3, -0.25) is 4.57 Å². The quantitative estimate of drug-likeness (QED) is 0.389. The number of hydrogen-bond donors (Lipinski definition) is 3. The summed E-state index contributed by atoms with van der Waals surface area (Å²) in [4.78, 5) is 22.2. The molecule has 0 aliphatic carbocycles. The maximum atomic E-state index is 12.3. The minimum Gasteiger partial charge on any atom is -0.489 e. The molecule has 2 aromatic carbocycles. The molecule has 0 bridgehead atoms. The van der Waals surface area contributed by atoms with Gasteiger partial charge in [0.25, 0.3) is 0 Å². The lowest BCUT2D eigenvalue weighted by Crippen LogP contribution is -2.42. The van der Waals surface area contributed by atoms with E-state index < -0.39 is 25.3 Å². The molecule has 3 N–H and O–H groups in total. The number of alkyl carbamates (subject to hydrolysis) is 1. The Hall–Kier alpha value is -2.38. The van der Waals surface area contributed by atoms with Crippen LogP contribution in [0.4, 0.5) is 4.79 Å². The molecule has 2 aromatic rings. The van der Waals surface area contributed by atoms with Crippen molar-refractivity contribution in [2.75, 3.05) is 19.4 Å². The average molecular weight is 480 g/mol. The highest BCUT2D eigenvalue weighted by atomic mass is 31.2. The maximum Gasteiger partial charge on any atom is 0.407 e. The molecule has 33 heavy (non-hydrogen) atoms. The number of ether oxygens (including phenoxy) is 2. The zero-order chi connectivity index (χ0) is 24.3. The second-order valence-electron chi connectivity index (χ2n) is 8.70. The number of nitrogens with one attached hydrogen (secondary N) is 1. The van der Waals surface area contributed by atoms with E-state index in [2.05, 4.69) is 5.32 Å². The summed E-state index contributed by atoms with van der Waals surface area (Å²) in [5.74, 6) is 0.708. The number of rotatable bonds is 12. The monoisotopic (exact) mass is 479 g/mol. The molecule has 9 heteroatoms. The molecule has 0 aliphatic rings. The van der Waals surface area contributed by atoms with E-state index in [0.717, 1.165) is 11.1 Å². The standard InChI is InChI=1S/C24H34NO7P/c1-24(2,3)32-23(27)25-21(18-31-33(28,29)15-7-14-26)16-19-10-12-22(13-11-19)30-17-20-8-5-4-6-9-20/h4-6,8-13,21,26H,7,14-18H2,1-3H3,(H,25,27)(H,28,29)/t21-/m0/s1. The average Bonchev–Trinajstić information content (AvgIpc) is 2.75. The Bertz CT molecular complexity index is 897. The lowest BCUT2D eigenvalue weighted by atomic mass is 10.1. The van der Waals surface area contributed by atoms with E-state index >= 15 is 0 Å². The molecule has 0 saturated carbocycles. The summed E-state index contributed by atoms with van der Waals surface area (Å²) in [6.07, 6.45) is -0.279. The summed E-state index contributed by atoms with van der Waals surface area (Å²) in [7, 11) is -3.87. The predicted molar refractivity (Wildman–Crippen MR) is 126 cm³/mol. The largest absolute Gasteiger partial charge is 0.489 e. The summed E-state index contributed by atoms with van der Waals surface area (Å²) in [5.41, 5.74) is 1.27. The molecule has 2 rings (SSSR count). The third-order valence-corrected chi connectivity index (χ3v) is 5.88. The van der Waals surface area contributed by atoms with Gasteiger partial charge in [-0.2, -0.15) is 0 Å². The Morgan fingerprint density at radius 2 is 1.73 bits per heavy atom. The molecule has 0 saturated heterocycles. The minimum absolute atomic E-state index is 0.155. The SMILES string of the molecule is CC(C)(C)OC(=O)N[C@H](COP(=O)(O)CCCO)Cc1ccc(OCc2ccccc2)cc1. The summed E-state index contributed by atoms with van der Waals surface area (Å²) in [6, 6.07) is 16.7. The Kier molecular flexibility index (Phi) is 10.4. The fourth-order valence-corrected chi connectivity index (χ4v) is 4.00. The molecule has 0 heterocycles. The third-order valence-electron chi connectivity index (χ3n) is 4.45. The Morgan fingerprint density at radius 1 is 1.06 bits per heavy atom. The fraction of sp³-hybridized carbons (Fsp3) is 0.458. The van der Waals surface area contributed by atoms with Crippen molar-refractivity contribution >= 4 is 13.7 Å². The van der Waals surface area contributed by atoms with Gasteiger partial charge >= 0.3 is 13.7 Å². The van der Waals surface area contributed by atoms with E-state index in [-0.39, 0.29) is 25.8 Å². The summed E-state index contributed by atoms with van der Waals surface area (Å²) in [6.45, 7) is 5.34.